The van der Waals surface area contributed by atoms with Gasteiger partial charge in [0.25, 0.3) is 0 Å². The zero-order chi connectivity index (χ0) is 13.1. The van der Waals surface area contributed by atoms with Gasteiger partial charge in [-0.25, -0.2) is 0 Å². The molecule has 2 atom stereocenters. The Bertz CT molecular complexity index is 351. The number of ether oxygens (including phenoxy) is 3. The molecule has 1 rings (SSSR count). The van der Waals surface area contributed by atoms with Crippen LogP contribution >= 0.6 is 0 Å². The molecule has 1 aromatic rings. The van der Waals surface area contributed by atoms with Crippen LogP contribution in [0.4, 0.5) is 0 Å². The first-order valence-electron chi connectivity index (χ1n) is 5.45. The van der Waals surface area contributed by atoms with Gasteiger partial charge in [0.15, 0.2) is 0 Å². The van der Waals surface area contributed by atoms with Crippen LogP contribution in [0, 0.1) is 0 Å². The third-order valence-electron chi connectivity index (χ3n) is 3.08. The lowest BCUT2D eigenvalue weighted by atomic mass is 9.89. The van der Waals surface area contributed by atoms with Gasteiger partial charge in [-0.2, -0.15) is 0 Å². The highest BCUT2D eigenvalue weighted by Gasteiger charge is 2.36. The van der Waals surface area contributed by atoms with Crippen molar-refractivity contribution in [1.82, 2.24) is 0 Å². The van der Waals surface area contributed by atoms with E-state index in [2.05, 4.69) is 0 Å². The average Bonchev–Trinajstić information content (AvgIpc) is 2.36. The number of aliphatic hydroxyl groups is 1. The minimum atomic E-state index is -1.19. The topological polar surface area (TPSA) is 47.9 Å². The van der Waals surface area contributed by atoms with Crippen LogP contribution in [0.15, 0.2) is 18.2 Å². The minimum absolute atomic E-state index is 0.382. The molecule has 1 N–H and O–H groups in total. The van der Waals surface area contributed by atoms with Crippen LogP contribution in [0.25, 0.3) is 0 Å². The van der Waals surface area contributed by atoms with Crippen molar-refractivity contribution in [3.63, 3.8) is 0 Å². The molecule has 4 nitrogen and oxygen atoms in total. The highest BCUT2D eigenvalue weighted by Crippen LogP contribution is 2.39. The maximum Gasteiger partial charge on any atom is 0.128 e. The molecule has 0 heterocycles. The van der Waals surface area contributed by atoms with Gasteiger partial charge in [-0.15, -0.1) is 0 Å². The van der Waals surface area contributed by atoms with E-state index in [1.54, 1.807) is 47.3 Å². The van der Waals surface area contributed by atoms with Crippen molar-refractivity contribution in [3.05, 3.63) is 23.8 Å². The third-order valence-corrected chi connectivity index (χ3v) is 3.08. The van der Waals surface area contributed by atoms with Crippen LogP contribution in [0.1, 0.15) is 19.4 Å². The van der Waals surface area contributed by atoms with E-state index < -0.39 is 5.60 Å². The van der Waals surface area contributed by atoms with Crippen LogP contribution in [0.3, 0.4) is 0 Å². The van der Waals surface area contributed by atoms with E-state index in [9.17, 15) is 5.11 Å². The third kappa shape index (κ3) is 2.53. The number of hydrogen-bond acceptors (Lipinski definition) is 4. The fourth-order valence-electron chi connectivity index (χ4n) is 1.78. The first-order chi connectivity index (χ1) is 7.98. The predicted octanol–water partition coefficient (Wildman–Crippen LogP) is 1.95. The van der Waals surface area contributed by atoms with Gasteiger partial charge in [-0.05, 0) is 26.0 Å². The Labute approximate surface area is 102 Å². The fourth-order valence-corrected chi connectivity index (χ4v) is 1.78. The van der Waals surface area contributed by atoms with Crippen LogP contribution in [-0.2, 0) is 10.3 Å². The summed E-state index contributed by atoms with van der Waals surface area (Å²) in [4.78, 5) is 0. The summed E-state index contributed by atoms with van der Waals surface area (Å²) < 4.78 is 15.8. The van der Waals surface area contributed by atoms with Gasteiger partial charge in [0.2, 0.25) is 0 Å². The maximum atomic E-state index is 10.6. The number of methoxy groups -OCH3 is 3. The second kappa shape index (κ2) is 5.38. The largest absolute Gasteiger partial charge is 0.496 e. The van der Waals surface area contributed by atoms with Crippen LogP contribution in [-0.4, -0.2) is 32.5 Å². The first kappa shape index (κ1) is 13.8. The summed E-state index contributed by atoms with van der Waals surface area (Å²) in [6.07, 6.45) is -0.382. The van der Waals surface area contributed by atoms with Gasteiger partial charge >= 0.3 is 0 Å². The van der Waals surface area contributed by atoms with Gasteiger partial charge in [0.1, 0.15) is 17.1 Å². The van der Waals surface area contributed by atoms with E-state index in [1.807, 2.05) is 6.07 Å². The summed E-state index contributed by atoms with van der Waals surface area (Å²) in [6, 6.07) is 5.39. The summed E-state index contributed by atoms with van der Waals surface area (Å²) >= 11 is 0. The summed E-state index contributed by atoms with van der Waals surface area (Å²) in [6.45, 7) is 3.48. The van der Waals surface area contributed by atoms with Crippen LogP contribution in [0.2, 0.25) is 0 Å². The second-order valence-corrected chi connectivity index (χ2v) is 4.06. The average molecular weight is 240 g/mol. The van der Waals surface area contributed by atoms with Gasteiger partial charge in [0.05, 0.1) is 25.9 Å². The zero-order valence-electron chi connectivity index (χ0n) is 11.0. The smallest absolute Gasteiger partial charge is 0.128 e. The standard InChI is InChI=1S/C13H20O4/c1-9(15-3)13(2,14)12-10(16-4)7-6-8-11(12)17-5/h6-9,14H,1-5H3. The van der Waals surface area contributed by atoms with Crippen LogP contribution < -0.4 is 9.47 Å². The van der Waals surface area contributed by atoms with Crippen LogP contribution in [0.5, 0.6) is 11.5 Å². The monoisotopic (exact) mass is 240 g/mol. The van der Waals surface area contributed by atoms with E-state index >= 15 is 0 Å². The molecule has 2 unspecified atom stereocenters. The van der Waals surface area contributed by atoms with Gasteiger partial charge in [-0.1, -0.05) is 6.07 Å². The molecule has 0 spiro atoms. The Kier molecular flexibility index (Phi) is 4.37. The number of benzene rings is 1. The summed E-state index contributed by atoms with van der Waals surface area (Å²) in [5.74, 6) is 1.16. The van der Waals surface area contributed by atoms with Crippen molar-refractivity contribution in [2.24, 2.45) is 0 Å². The van der Waals surface area contributed by atoms with Gasteiger partial charge in [0, 0.05) is 7.11 Å². The van der Waals surface area contributed by atoms with Gasteiger partial charge in [-0.3, -0.25) is 0 Å². The molecular formula is C13H20O4. The summed E-state index contributed by atoms with van der Waals surface area (Å²) in [5, 5.41) is 10.6. The highest BCUT2D eigenvalue weighted by molar-refractivity contribution is 5.48. The Morgan fingerprint density at radius 1 is 1.12 bits per heavy atom. The molecule has 1 aromatic carbocycles. The molecule has 0 aliphatic heterocycles. The molecule has 17 heavy (non-hydrogen) atoms. The first-order valence-corrected chi connectivity index (χ1v) is 5.45. The minimum Gasteiger partial charge on any atom is -0.496 e. The lowest BCUT2D eigenvalue weighted by molar-refractivity contribution is -0.0793. The van der Waals surface area contributed by atoms with E-state index in [-0.39, 0.29) is 6.10 Å². The molecule has 0 aliphatic rings. The summed E-state index contributed by atoms with van der Waals surface area (Å²) in [5.41, 5.74) is -0.591. The lowest BCUT2D eigenvalue weighted by Crippen LogP contribution is -2.36. The molecule has 0 fully saturated rings. The molecule has 96 valence electrons. The Morgan fingerprint density at radius 3 is 1.94 bits per heavy atom. The number of rotatable bonds is 5. The molecule has 4 heteroatoms. The Hall–Kier alpha value is -1.26. The molecule has 0 aromatic heterocycles. The van der Waals surface area contributed by atoms with E-state index in [4.69, 9.17) is 14.2 Å². The molecule has 0 bridgehead atoms. The molecular weight excluding hydrogens is 220 g/mol. The van der Waals surface area contributed by atoms with Crippen molar-refractivity contribution in [2.75, 3.05) is 21.3 Å². The van der Waals surface area contributed by atoms with E-state index in [0.29, 0.717) is 17.1 Å². The van der Waals surface area contributed by atoms with Crippen molar-refractivity contribution >= 4 is 0 Å². The Morgan fingerprint density at radius 2 is 1.59 bits per heavy atom. The summed E-state index contributed by atoms with van der Waals surface area (Å²) in [7, 11) is 4.68. The fraction of sp³-hybridized carbons (Fsp3) is 0.538. The van der Waals surface area contributed by atoms with Crippen molar-refractivity contribution < 1.29 is 19.3 Å². The van der Waals surface area contributed by atoms with E-state index in [1.165, 1.54) is 0 Å². The van der Waals surface area contributed by atoms with Gasteiger partial charge < -0.3 is 19.3 Å². The highest BCUT2D eigenvalue weighted by atomic mass is 16.5. The maximum absolute atomic E-state index is 10.6. The molecule has 0 saturated heterocycles. The lowest BCUT2D eigenvalue weighted by Gasteiger charge is -2.32. The number of hydrogen-bond donors (Lipinski definition) is 1. The predicted molar refractivity (Wildman–Crippen MR) is 65.6 cm³/mol. The molecule has 0 amide bonds. The zero-order valence-corrected chi connectivity index (χ0v) is 11.0. The molecule has 0 saturated carbocycles. The van der Waals surface area contributed by atoms with Crippen molar-refractivity contribution in [1.29, 1.82) is 0 Å². The normalized spacial score (nSPS) is 16.1. The quantitative estimate of drug-likeness (QED) is 0.854. The Balaban J connectivity index is 3.36. The molecule has 0 radical (unpaired) electrons. The van der Waals surface area contributed by atoms with E-state index in [0.717, 1.165) is 0 Å². The van der Waals surface area contributed by atoms with Crippen molar-refractivity contribution in [3.8, 4) is 11.5 Å². The SMILES string of the molecule is COc1cccc(OC)c1C(C)(O)C(C)OC. The molecule has 0 aliphatic carbocycles. The van der Waals surface area contributed by atoms with Crippen molar-refractivity contribution in [2.45, 2.75) is 25.6 Å². The second-order valence-electron chi connectivity index (χ2n) is 4.06.